The van der Waals surface area contributed by atoms with E-state index in [1.807, 2.05) is 25.1 Å². The van der Waals surface area contributed by atoms with E-state index in [9.17, 15) is 4.79 Å². The Bertz CT molecular complexity index is 700. The van der Waals surface area contributed by atoms with Crippen LogP contribution in [-0.4, -0.2) is 12.5 Å². The van der Waals surface area contributed by atoms with Crippen molar-refractivity contribution in [3.63, 3.8) is 0 Å². The van der Waals surface area contributed by atoms with Crippen LogP contribution < -0.4 is 11.1 Å². The highest BCUT2D eigenvalue weighted by molar-refractivity contribution is 7.10. The summed E-state index contributed by atoms with van der Waals surface area (Å²) in [5, 5.41) is 5.39. The summed E-state index contributed by atoms with van der Waals surface area (Å²) < 4.78 is 0. The van der Waals surface area contributed by atoms with Gasteiger partial charge in [0.05, 0.1) is 23.0 Å². The fourth-order valence-corrected chi connectivity index (χ4v) is 2.75. The molecule has 21 heavy (non-hydrogen) atoms. The van der Waals surface area contributed by atoms with Crippen LogP contribution in [0.4, 0.5) is 0 Å². The predicted molar refractivity (Wildman–Crippen MR) is 87.6 cm³/mol. The molecule has 108 valence electrons. The molecule has 0 bridgehead atoms. The summed E-state index contributed by atoms with van der Waals surface area (Å²) in [7, 11) is 0. The third kappa shape index (κ3) is 4.33. The molecule has 0 saturated heterocycles. The summed E-state index contributed by atoms with van der Waals surface area (Å²) >= 11 is 7.39. The average Bonchev–Trinajstić information content (AvgIpc) is 2.94. The standard InChI is InChI=1S/C16H15ClN2OS/c1-11(12-4-2-5-14(17)8-12)19-16(20)13-9-15(21-10-13)6-3-7-18/h2,4-5,8-11H,7,18H2,1H3,(H,19,20). The molecule has 0 aliphatic rings. The first-order valence-corrected chi connectivity index (χ1v) is 7.69. The van der Waals surface area contributed by atoms with Gasteiger partial charge in [-0.3, -0.25) is 4.79 Å². The quantitative estimate of drug-likeness (QED) is 0.854. The highest BCUT2D eigenvalue weighted by Crippen LogP contribution is 2.19. The van der Waals surface area contributed by atoms with E-state index in [-0.39, 0.29) is 11.9 Å². The Hall–Kier alpha value is -1.80. The number of rotatable bonds is 3. The van der Waals surface area contributed by atoms with Gasteiger partial charge in [0.2, 0.25) is 0 Å². The Morgan fingerprint density at radius 1 is 1.48 bits per heavy atom. The molecule has 2 aromatic rings. The van der Waals surface area contributed by atoms with E-state index in [0.29, 0.717) is 17.1 Å². The summed E-state index contributed by atoms with van der Waals surface area (Å²) in [6.45, 7) is 2.23. The Morgan fingerprint density at radius 3 is 3.00 bits per heavy atom. The molecule has 3 N–H and O–H groups in total. The average molecular weight is 319 g/mol. The first kappa shape index (κ1) is 15.6. The zero-order chi connectivity index (χ0) is 15.2. The van der Waals surface area contributed by atoms with Crippen molar-refractivity contribution in [2.24, 2.45) is 5.73 Å². The number of carbonyl (C=O) groups is 1. The van der Waals surface area contributed by atoms with Crippen LogP contribution in [0.5, 0.6) is 0 Å². The second-order valence-corrected chi connectivity index (χ2v) is 5.80. The van der Waals surface area contributed by atoms with Crippen LogP contribution in [-0.2, 0) is 0 Å². The SMILES string of the molecule is CC(NC(=O)c1csc(C#CCN)c1)c1cccc(Cl)c1. The Kier molecular flexibility index (Phi) is 5.40. The van der Waals surface area contributed by atoms with Gasteiger partial charge in [-0.25, -0.2) is 0 Å². The van der Waals surface area contributed by atoms with Crippen LogP contribution in [0.25, 0.3) is 0 Å². The monoisotopic (exact) mass is 318 g/mol. The van der Waals surface area contributed by atoms with Crippen molar-refractivity contribution >= 4 is 28.8 Å². The second-order valence-electron chi connectivity index (χ2n) is 4.46. The van der Waals surface area contributed by atoms with Gasteiger partial charge >= 0.3 is 0 Å². The van der Waals surface area contributed by atoms with Gasteiger partial charge in [0, 0.05) is 10.4 Å². The van der Waals surface area contributed by atoms with Crippen molar-refractivity contribution in [2.45, 2.75) is 13.0 Å². The summed E-state index contributed by atoms with van der Waals surface area (Å²) in [6, 6.07) is 9.11. The molecule has 0 aliphatic carbocycles. The van der Waals surface area contributed by atoms with Gasteiger partial charge in [-0.1, -0.05) is 35.6 Å². The molecule has 1 heterocycles. The predicted octanol–water partition coefficient (Wildman–Crippen LogP) is 3.20. The number of halogens is 1. The van der Waals surface area contributed by atoms with Gasteiger partial charge in [-0.05, 0) is 30.7 Å². The molecule has 0 saturated carbocycles. The molecule has 1 aromatic heterocycles. The van der Waals surface area contributed by atoms with Crippen molar-refractivity contribution in [2.75, 3.05) is 6.54 Å². The fraction of sp³-hybridized carbons (Fsp3) is 0.188. The summed E-state index contributed by atoms with van der Waals surface area (Å²) in [6.07, 6.45) is 0. The van der Waals surface area contributed by atoms with Gasteiger partial charge in [0.1, 0.15) is 0 Å². The number of nitrogens with two attached hydrogens (primary N) is 1. The second kappa shape index (κ2) is 7.28. The number of hydrogen-bond acceptors (Lipinski definition) is 3. The van der Waals surface area contributed by atoms with E-state index in [1.165, 1.54) is 11.3 Å². The lowest BCUT2D eigenvalue weighted by atomic mass is 10.1. The number of carbonyl (C=O) groups excluding carboxylic acids is 1. The highest BCUT2D eigenvalue weighted by Gasteiger charge is 2.13. The number of nitrogens with one attached hydrogen (secondary N) is 1. The van der Waals surface area contributed by atoms with Gasteiger partial charge in [0.25, 0.3) is 5.91 Å². The van der Waals surface area contributed by atoms with Gasteiger partial charge in [-0.2, -0.15) is 0 Å². The molecule has 0 aliphatic heterocycles. The van der Waals surface area contributed by atoms with E-state index in [1.54, 1.807) is 17.5 Å². The van der Waals surface area contributed by atoms with Crippen molar-refractivity contribution in [3.8, 4) is 11.8 Å². The third-order valence-corrected chi connectivity index (χ3v) is 3.95. The van der Waals surface area contributed by atoms with Crippen molar-refractivity contribution in [1.29, 1.82) is 0 Å². The van der Waals surface area contributed by atoms with Crippen LogP contribution in [0.2, 0.25) is 5.02 Å². The lowest BCUT2D eigenvalue weighted by Gasteiger charge is -2.14. The molecular weight excluding hydrogens is 304 g/mol. The zero-order valence-corrected chi connectivity index (χ0v) is 13.1. The molecule has 5 heteroatoms. The van der Waals surface area contributed by atoms with E-state index in [4.69, 9.17) is 17.3 Å². The van der Waals surface area contributed by atoms with Gasteiger partial charge in [-0.15, -0.1) is 11.3 Å². The van der Waals surface area contributed by atoms with Crippen LogP contribution in [0.3, 0.4) is 0 Å². The van der Waals surface area contributed by atoms with Crippen molar-refractivity contribution in [1.82, 2.24) is 5.32 Å². The number of benzene rings is 1. The van der Waals surface area contributed by atoms with Crippen LogP contribution in [0, 0.1) is 11.8 Å². The molecule has 0 fully saturated rings. The molecule has 3 nitrogen and oxygen atoms in total. The smallest absolute Gasteiger partial charge is 0.252 e. The minimum absolute atomic E-state index is 0.116. The molecular formula is C16H15ClN2OS. The summed E-state index contributed by atoms with van der Waals surface area (Å²) in [4.78, 5) is 13.0. The third-order valence-electron chi connectivity index (χ3n) is 2.87. The molecule has 1 aromatic carbocycles. The lowest BCUT2D eigenvalue weighted by Crippen LogP contribution is -2.26. The Balaban J connectivity index is 2.05. The fourth-order valence-electron chi connectivity index (χ4n) is 1.80. The molecule has 2 rings (SSSR count). The van der Waals surface area contributed by atoms with Crippen molar-refractivity contribution in [3.05, 3.63) is 56.7 Å². The molecule has 1 unspecified atom stereocenters. The molecule has 0 radical (unpaired) electrons. The largest absolute Gasteiger partial charge is 0.345 e. The van der Waals surface area contributed by atoms with Crippen LogP contribution >= 0.6 is 22.9 Å². The maximum absolute atomic E-state index is 12.2. The van der Waals surface area contributed by atoms with Crippen LogP contribution in [0.1, 0.15) is 33.8 Å². The molecule has 1 atom stereocenters. The summed E-state index contributed by atoms with van der Waals surface area (Å²) in [5.41, 5.74) is 6.90. The maximum atomic E-state index is 12.2. The number of thiophene rings is 1. The van der Waals surface area contributed by atoms with Crippen LogP contribution in [0.15, 0.2) is 35.7 Å². The molecule has 1 amide bonds. The van der Waals surface area contributed by atoms with E-state index in [2.05, 4.69) is 17.2 Å². The first-order valence-electron chi connectivity index (χ1n) is 6.44. The minimum Gasteiger partial charge on any atom is -0.345 e. The molecule has 0 spiro atoms. The van der Waals surface area contributed by atoms with E-state index >= 15 is 0 Å². The summed E-state index contributed by atoms with van der Waals surface area (Å²) in [5.74, 6) is 5.56. The van der Waals surface area contributed by atoms with Gasteiger partial charge in [0.15, 0.2) is 0 Å². The Morgan fingerprint density at radius 2 is 2.29 bits per heavy atom. The zero-order valence-electron chi connectivity index (χ0n) is 11.5. The normalized spacial score (nSPS) is 11.4. The van der Waals surface area contributed by atoms with Crippen molar-refractivity contribution < 1.29 is 4.79 Å². The number of amides is 1. The maximum Gasteiger partial charge on any atom is 0.252 e. The minimum atomic E-state index is -0.125. The first-order chi connectivity index (χ1) is 10.1. The van der Waals surface area contributed by atoms with Gasteiger partial charge < -0.3 is 11.1 Å². The Labute approximate surface area is 133 Å². The highest BCUT2D eigenvalue weighted by atomic mass is 35.5. The van der Waals surface area contributed by atoms with E-state index < -0.39 is 0 Å². The topological polar surface area (TPSA) is 55.1 Å². The lowest BCUT2D eigenvalue weighted by molar-refractivity contribution is 0.0940. The van der Waals surface area contributed by atoms with E-state index in [0.717, 1.165) is 10.4 Å². The number of hydrogen-bond donors (Lipinski definition) is 2.